The van der Waals surface area contributed by atoms with Crippen LogP contribution in [0.25, 0.3) is 0 Å². The SMILES string of the molecule is Cc1cc(C)cc(OCCN(C)C(=O)CCCNC(=O)OC(C)(C)C)c1. The molecule has 0 fully saturated rings. The Kier molecular flexibility index (Phi) is 8.42. The molecule has 6 heteroatoms. The molecule has 6 nitrogen and oxygen atoms in total. The molecule has 0 unspecified atom stereocenters. The van der Waals surface area contributed by atoms with Gasteiger partial charge in [-0.1, -0.05) is 6.07 Å². The quantitative estimate of drug-likeness (QED) is 0.718. The monoisotopic (exact) mass is 364 g/mol. The number of nitrogens with zero attached hydrogens (tertiary/aromatic N) is 1. The molecule has 0 radical (unpaired) electrons. The maximum atomic E-state index is 12.1. The summed E-state index contributed by atoms with van der Waals surface area (Å²) in [5.41, 5.74) is 1.79. The smallest absolute Gasteiger partial charge is 0.407 e. The molecule has 1 N–H and O–H groups in total. The molecule has 0 atom stereocenters. The zero-order valence-electron chi connectivity index (χ0n) is 16.8. The van der Waals surface area contributed by atoms with Crippen LogP contribution in [0, 0.1) is 13.8 Å². The van der Waals surface area contributed by atoms with Crippen molar-refractivity contribution in [2.45, 2.75) is 53.1 Å². The number of alkyl carbamates (subject to hydrolysis) is 1. The lowest BCUT2D eigenvalue weighted by atomic mass is 10.1. The van der Waals surface area contributed by atoms with Crippen LogP contribution >= 0.6 is 0 Å². The molecule has 0 aliphatic heterocycles. The number of ether oxygens (including phenoxy) is 2. The van der Waals surface area contributed by atoms with E-state index in [-0.39, 0.29) is 5.91 Å². The van der Waals surface area contributed by atoms with Crippen molar-refractivity contribution in [3.8, 4) is 5.75 Å². The Bertz CT molecular complexity index is 588. The van der Waals surface area contributed by atoms with E-state index in [1.54, 1.807) is 11.9 Å². The van der Waals surface area contributed by atoms with E-state index in [0.29, 0.717) is 32.5 Å². The Labute approximate surface area is 156 Å². The summed E-state index contributed by atoms with van der Waals surface area (Å²) in [7, 11) is 1.76. The van der Waals surface area contributed by atoms with Gasteiger partial charge in [0.1, 0.15) is 18.0 Å². The highest BCUT2D eigenvalue weighted by atomic mass is 16.6. The molecule has 2 amide bonds. The number of hydrogen-bond acceptors (Lipinski definition) is 4. The van der Waals surface area contributed by atoms with Crippen LogP contribution in [-0.4, -0.2) is 49.2 Å². The number of aryl methyl sites for hydroxylation is 2. The molecule has 146 valence electrons. The lowest BCUT2D eigenvalue weighted by Crippen LogP contribution is -2.34. The van der Waals surface area contributed by atoms with Gasteiger partial charge < -0.3 is 19.7 Å². The number of nitrogens with one attached hydrogen (secondary N) is 1. The lowest BCUT2D eigenvalue weighted by molar-refractivity contribution is -0.130. The van der Waals surface area contributed by atoms with Gasteiger partial charge in [-0.15, -0.1) is 0 Å². The Morgan fingerprint density at radius 2 is 1.73 bits per heavy atom. The van der Waals surface area contributed by atoms with Crippen molar-refractivity contribution in [3.63, 3.8) is 0 Å². The second kappa shape index (κ2) is 10.0. The Morgan fingerprint density at radius 1 is 1.12 bits per heavy atom. The fraction of sp³-hybridized carbons (Fsp3) is 0.600. The first-order valence-corrected chi connectivity index (χ1v) is 8.99. The van der Waals surface area contributed by atoms with Gasteiger partial charge >= 0.3 is 6.09 Å². The van der Waals surface area contributed by atoms with Gasteiger partial charge in [0.25, 0.3) is 0 Å². The summed E-state index contributed by atoms with van der Waals surface area (Å²) in [6.07, 6.45) is 0.482. The number of carbonyl (C=O) groups is 2. The average Bonchev–Trinajstić information content (AvgIpc) is 2.48. The van der Waals surface area contributed by atoms with E-state index in [2.05, 4.69) is 11.4 Å². The number of hydrogen-bond donors (Lipinski definition) is 1. The maximum absolute atomic E-state index is 12.1. The molecule has 0 heterocycles. The minimum Gasteiger partial charge on any atom is -0.492 e. The summed E-state index contributed by atoms with van der Waals surface area (Å²) in [6, 6.07) is 6.06. The summed E-state index contributed by atoms with van der Waals surface area (Å²) >= 11 is 0. The van der Waals surface area contributed by atoms with Crippen LogP contribution in [0.5, 0.6) is 5.75 Å². The fourth-order valence-electron chi connectivity index (χ4n) is 2.38. The van der Waals surface area contributed by atoms with Gasteiger partial charge in [-0.25, -0.2) is 4.79 Å². The molecule has 1 rings (SSSR count). The van der Waals surface area contributed by atoms with Crippen molar-refractivity contribution in [2.75, 3.05) is 26.7 Å². The fourth-order valence-corrected chi connectivity index (χ4v) is 2.38. The first-order valence-electron chi connectivity index (χ1n) is 8.99. The number of benzene rings is 1. The standard InChI is InChI=1S/C20H32N2O4/c1-15-12-16(2)14-17(13-15)25-11-10-22(6)18(23)8-7-9-21-19(24)26-20(3,4)5/h12-14H,7-11H2,1-6H3,(H,21,24). The molecule has 0 saturated carbocycles. The summed E-state index contributed by atoms with van der Waals surface area (Å²) in [4.78, 5) is 25.3. The Hall–Kier alpha value is -2.24. The van der Waals surface area contributed by atoms with E-state index in [9.17, 15) is 9.59 Å². The highest BCUT2D eigenvalue weighted by Gasteiger charge is 2.15. The van der Waals surface area contributed by atoms with Gasteiger partial charge in [0, 0.05) is 20.0 Å². The van der Waals surface area contributed by atoms with E-state index >= 15 is 0 Å². The minimum absolute atomic E-state index is 0.0278. The van der Waals surface area contributed by atoms with Crippen LogP contribution in [0.15, 0.2) is 18.2 Å². The highest BCUT2D eigenvalue weighted by molar-refractivity contribution is 5.76. The van der Waals surface area contributed by atoms with Crippen molar-refractivity contribution in [1.29, 1.82) is 0 Å². The highest BCUT2D eigenvalue weighted by Crippen LogP contribution is 2.16. The number of rotatable bonds is 8. The number of amides is 2. The van der Waals surface area contributed by atoms with Gasteiger partial charge in [-0.05, 0) is 64.3 Å². The number of carbonyl (C=O) groups excluding carboxylic acids is 2. The summed E-state index contributed by atoms with van der Waals surface area (Å²) in [5, 5.41) is 2.65. The Morgan fingerprint density at radius 3 is 2.31 bits per heavy atom. The molecule has 1 aromatic rings. The van der Waals surface area contributed by atoms with Crippen molar-refractivity contribution >= 4 is 12.0 Å². The molecule has 0 aliphatic carbocycles. The summed E-state index contributed by atoms with van der Waals surface area (Å²) in [5.74, 6) is 0.852. The second-order valence-electron chi connectivity index (χ2n) is 7.52. The van der Waals surface area contributed by atoms with Crippen molar-refractivity contribution in [2.24, 2.45) is 0 Å². The molecule has 1 aromatic carbocycles. The summed E-state index contributed by atoms with van der Waals surface area (Å²) < 4.78 is 10.9. The third kappa shape index (κ3) is 9.30. The first-order chi connectivity index (χ1) is 12.1. The van der Waals surface area contributed by atoms with E-state index in [0.717, 1.165) is 16.9 Å². The van der Waals surface area contributed by atoms with Crippen molar-refractivity contribution in [1.82, 2.24) is 10.2 Å². The molecule has 0 saturated heterocycles. The molecule has 0 aliphatic rings. The third-order valence-corrected chi connectivity index (χ3v) is 3.55. The van der Waals surface area contributed by atoms with Crippen LogP contribution < -0.4 is 10.1 Å². The van der Waals surface area contributed by atoms with Crippen LogP contribution in [-0.2, 0) is 9.53 Å². The van der Waals surface area contributed by atoms with Crippen LogP contribution in [0.2, 0.25) is 0 Å². The molecule has 26 heavy (non-hydrogen) atoms. The third-order valence-electron chi connectivity index (χ3n) is 3.55. The van der Waals surface area contributed by atoms with E-state index in [4.69, 9.17) is 9.47 Å². The van der Waals surface area contributed by atoms with Crippen LogP contribution in [0.1, 0.15) is 44.7 Å². The second-order valence-corrected chi connectivity index (χ2v) is 7.52. The van der Waals surface area contributed by atoms with Gasteiger partial charge in [-0.3, -0.25) is 4.79 Å². The molecule has 0 bridgehead atoms. The Balaban J connectivity index is 2.21. The van der Waals surface area contributed by atoms with Gasteiger partial charge in [-0.2, -0.15) is 0 Å². The van der Waals surface area contributed by atoms with Crippen LogP contribution in [0.3, 0.4) is 0 Å². The predicted molar refractivity (Wildman–Crippen MR) is 103 cm³/mol. The molecular formula is C20H32N2O4. The molecule has 0 spiro atoms. The largest absolute Gasteiger partial charge is 0.492 e. The van der Waals surface area contributed by atoms with Crippen LogP contribution in [0.4, 0.5) is 4.79 Å². The lowest BCUT2D eigenvalue weighted by Gasteiger charge is -2.20. The average molecular weight is 364 g/mol. The molecule has 0 aromatic heterocycles. The van der Waals surface area contributed by atoms with Crippen molar-refractivity contribution in [3.05, 3.63) is 29.3 Å². The van der Waals surface area contributed by atoms with Gasteiger partial charge in [0.15, 0.2) is 0 Å². The predicted octanol–water partition coefficient (Wildman–Crippen LogP) is 3.45. The van der Waals surface area contributed by atoms with E-state index in [1.807, 2.05) is 46.8 Å². The minimum atomic E-state index is -0.518. The first kappa shape index (κ1) is 21.8. The summed E-state index contributed by atoms with van der Waals surface area (Å²) in [6.45, 7) is 10.9. The van der Waals surface area contributed by atoms with Gasteiger partial charge in [0.2, 0.25) is 5.91 Å². The normalized spacial score (nSPS) is 11.0. The van der Waals surface area contributed by atoms with E-state index in [1.165, 1.54) is 0 Å². The topological polar surface area (TPSA) is 67.9 Å². The molecular weight excluding hydrogens is 332 g/mol. The van der Waals surface area contributed by atoms with Gasteiger partial charge in [0.05, 0.1) is 6.54 Å². The zero-order valence-corrected chi connectivity index (χ0v) is 16.8. The van der Waals surface area contributed by atoms with Crippen molar-refractivity contribution < 1.29 is 19.1 Å². The number of likely N-dealkylation sites (N-methyl/N-ethyl adjacent to an activating group) is 1. The maximum Gasteiger partial charge on any atom is 0.407 e. The van der Waals surface area contributed by atoms with E-state index < -0.39 is 11.7 Å². The zero-order chi connectivity index (χ0) is 19.7.